The molecule has 0 aromatic heterocycles. The second-order valence-electron chi connectivity index (χ2n) is 3.00. The van der Waals surface area contributed by atoms with Gasteiger partial charge in [0.05, 0.1) is 18.2 Å². The predicted molar refractivity (Wildman–Crippen MR) is 44.9 cm³/mol. The SMILES string of the molecule is CO[C@@H](C)[C@H]1OC(O)C[C@@H]1N=[N+]=[N-]. The highest BCUT2D eigenvalue weighted by molar-refractivity contribution is 4.88. The minimum atomic E-state index is -0.849. The molecular formula is C7H13N3O3. The van der Waals surface area contributed by atoms with Crippen molar-refractivity contribution in [2.24, 2.45) is 5.11 Å². The smallest absolute Gasteiger partial charge is 0.155 e. The van der Waals surface area contributed by atoms with Gasteiger partial charge in [-0.25, -0.2) is 0 Å². The van der Waals surface area contributed by atoms with Gasteiger partial charge < -0.3 is 14.6 Å². The lowest BCUT2D eigenvalue weighted by atomic mass is 10.1. The molecule has 1 rings (SSSR count). The van der Waals surface area contributed by atoms with Gasteiger partial charge in [0.15, 0.2) is 6.29 Å². The van der Waals surface area contributed by atoms with Gasteiger partial charge in [0.25, 0.3) is 0 Å². The molecule has 1 heterocycles. The molecule has 1 N–H and O–H groups in total. The molecule has 0 aliphatic carbocycles. The number of ether oxygens (including phenoxy) is 2. The molecule has 1 aliphatic heterocycles. The van der Waals surface area contributed by atoms with Crippen molar-refractivity contribution in [2.45, 2.75) is 37.9 Å². The molecule has 6 nitrogen and oxygen atoms in total. The van der Waals surface area contributed by atoms with E-state index in [1.54, 1.807) is 7.11 Å². The van der Waals surface area contributed by atoms with E-state index >= 15 is 0 Å². The van der Waals surface area contributed by atoms with Crippen LogP contribution >= 0.6 is 0 Å². The number of hydrogen-bond acceptors (Lipinski definition) is 4. The van der Waals surface area contributed by atoms with E-state index in [1.807, 2.05) is 6.92 Å². The lowest BCUT2D eigenvalue weighted by molar-refractivity contribution is -0.124. The number of methoxy groups -OCH3 is 1. The molecular weight excluding hydrogens is 174 g/mol. The first-order valence-electron chi connectivity index (χ1n) is 4.09. The van der Waals surface area contributed by atoms with Crippen molar-refractivity contribution in [3.05, 3.63) is 10.4 Å². The first kappa shape index (κ1) is 10.3. The molecule has 0 spiro atoms. The molecule has 0 radical (unpaired) electrons. The molecule has 0 amide bonds. The Morgan fingerprint density at radius 2 is 2.46 bits per heavy atom. The molecule has 1 aliphatic rings. The van der Waals surface area contributed by atoms with Gasteiger partial charge in [-0.3, -0.25) is 0 Å². The fraction of sp³-hybridized carbons (Fsp3) is 1.00. The third kappa shape index (κ3) is 2.32. The summed E-state index contributed by atoms with van der Waals surface area (Å²) >= 11 is 0. The van der Waals surface area contributed by atoms with Crippen LogP contribution in [0.25, 0.3) is 10.4 Å². The minimum absolute atomic E-state index is 0.187. The van der Waals surface area contributed by atoms with E-state index in [-0.39, 0.29) is 18.2 Å². The average Bonchev–Trinajstić information content (AvgIpc) is 2.46. The largest absolute Gasteiger partial charge is 0.379 e. The van der Waals surface area contributed by atoms with Gasteiger partial charge in [-0.15, -0.1) is 0 Å². The van der Waals surface area contributed by atoms with E-state index in [2.05, 4.69) is 10.0 Å². The van der Waals surface area contributed by atoms with Gasteiger partial charge in [-0.1, -0.05) is 5.11 Å². The standard InChI is InChI=1S/C7H13N3O3/c1-4(12-2)7-5(9-10-8)3-6(11)13-7/h4-7,11H,3H2,1-2H3/t4-,5-,6?,7+/m0/s1. The lowest BCUT2D eigenvalue weighted by Crippen LogP contribution is -2.32. The zero-order valence-electron chi connectivity index (χ0n) is 7.62. The van der Waals surface area contributed by atoms with Crippen LogP contribution in [0.3, 0.4) is 0 Å². The molecule has 4 atom stereocenters. The van der Waals surface area contributed by atoms with Crippen LogP contribution in [0.2, 0.25) is 0 Å². The summed E-state index contributed by atoms with van der Waals surface area (Å²) in [6.45, 7) is 1.81. The third-order valence-electron chi connectivity index (χ3n) is 2.17. The second kappa shape index (κ2) is 4.43. The minimum Gasteiger partial charge on any atom is -0.379 e. The van der Waals surface area contributed by atoms with Crippen LogP contribution < -0.4 is 0 Å². The Hall–Kier alpha value is -0.810. The molecule has 6 heteroatoms. The normalized spacial score (nSPS) is 35.5. The van der Waals surface area contributed by atoms with Gasteiger partial charge in [0.2, 0.25) is 0 Å². The Kier molecular flexibility index (Phi) is 3.50. The number of azide groups is 1. The highest BCUT2D eigenvalue weighted by Gasteiger charge is 2.37. The van der Waals surface area contributed by atoms with Crippen LogP contribution in [0.5, 0.6) is 0 Å². The summed E-state index contributed by atoms with van der Waals surface area (Å²) in [5, 5.41) is 12.7. The molecule has 1 unspecified atom stereocenters. The Balaban J connectivity index is 2.65. The third-order valence-corrected chi connectivity index (χ3v) is 2.17. The summed E-state index contributed by atoms with van der Waals surface area (Å²) in [7, 11) is 1.55. The molecule has 0 bridgehead atoms. The number of aliphatic hydroxyl groups excluding tert-OH is 1. The number of rotatable bonds is 3. The van der Waals surface area contributed by atoms with E-state index in [4.69, 9.17) is 15.0 Å². The summed E-state index contributed by atoms with van der Waals surface area (Å²) in [6.07, 6.45) is -1.05. The zero-order valence-corrected chi connectivity index (χ0v) is 7.62. The topological polar surface area (TPSA) is 87.5 Å². The van der Waals surface area contributed by atoms with E-state index in [0.717, 1.165) is 0 Å². The average molecular weight is 187 g/mol. The molecule has 0 aromatic rings. The first-order valence-corrected chi connectivity index (χ1v) is 4.09. The van der Waals surface area contributed by atoms with Crippen molar-refractivity contribution in [1.29, 1.82) is 0 Å². The Morgan fingerprint density at radius 1 is 1.77 bits per heavy atom. The molecule has 1 saturated heterocycles. The Bertz CT molecular complexity index is 217. The maximum atomic E-state index is 9.18. The van der Waals surface area contributed by atoms with Gasteiger partial charge in [0.1, 0.15) is 0 Å². The molecule has 13 heavy (non-hydrogen) atoms. The number of aliphatic hydroxyl groups is 1. The summed E-state index contributed by atoms with van der Waals surface area (Å²) in [6, 6.07) is -0.338. The van der Waals surface area contributed by atoms with Crippen molar-refractivity contribution in [1.82, 2.24) is 0 Å². The lowest BCUT2D eigenvalue weighted by Gasteiger charge is -2.20. The van der Waals surface area contributed by atoms with Gasteiger partial charge in [-0.05, 0) is 12.5 Å². The molecule has 1 fully saturated rings. The van der Waals surface area contributed by atoms with Crippen molar-refractivity contribution in [3.8, 4) is 0 Å². The van der Waals surface area contributed by atoms with Crippen LogP contribution in [0.15, 0.2) is 5.11 Å². The first-order chi connectivity index (χ1) is 6.19. The Labute approximate surface area is 76.1 Å². The number of hydrogen-bond donors (Lipinski definition) is 1. The van der Waals surface area contributed by atoms with Crippen molar-refractivity contribution in [2.75, 3.05) is 7.11 Å². The van der Waals surface area contributed by atoms with E-state index in [0.29, 0.717) is 6.42 Å². The van der Waals surface area contributed by atoms with E-state index < -0.39 is 6.29 Å². The maximum absolute atomic E-state index is 9.18. The van der Waals surface area contributed by atoms with Crippen LogP contribution in [0.1, 0.15) is 13.3 Å². The molecule has 74 valence electrons. The zero-order chi connectivity index (χ0) is 9.84. The van der Waals surface area contributed by atoms with Gasteiger partial charge in [0, 0.05) is 18.4 Å². The molecule has 0 aromatic carbocycles. The quantitative estimate of drug-likeness (QED) is 0.403. The van der Waals surface area contributed by atoms with Gasteiger partial charge in [-0.2, -0.15) is 0 Å². The van der Waals surface area contributed by atoms with E-state index in [9.17, 15) is 5.11 Å². The van der Waals surface area contributed by atoms with E-state index in [1.165, 1.54) is 0 Å². The summed E-state index contributed by atoms with van der Waals surface area (Å²) < 4.78 is 10.2. The predicted octanol–water partition coefficient (Wildman–Crippen LogP) is 0.807. The summed E-state index contributed by atoms with van der Waals surface area (Å²) in [5.41, 5.74) is 8.27. The van der Waals surface area contributed by atoms with Crippen LogP contribution in [0.4, 0.5) is 0 Å². The summed E-state index contributed by atoms with van der Waals surface area (Å²) in [4.78, 5) is 2.70. The fourth-order valence-corrected chi connectivity index (χ4v) is 1.41. The van der Waals surface area contributed by atoms with Gasteiger partial charge >= 0.3 is 0 Å². The highest BCUT2D eigenvalue weighted by Crippen LogP contribution is 2.25. The van der Waals surface area contributed by atoms with Crippen molar-refractivity contribution >= 4 is 0 Å². The monoisotopic (exact) mass is 187 g/mol. The second-order valence-corrected chi connectivity index (χ2v) is 3.00. The van der Waals surface area contributed by atoms with Crippen LogP contribution in [0, 0.1) is 0 Å². The maximum Gasteiger partial charge on any atom is 0.155 e. The molecule has 0 saturated carbocycles. The van der Waals surface area contributed by atoms with Crippen molar-refractivity contribution < 1.29 is 14.6 Å². The summed E-state index contributed by atoms with van der Waals surface area (Å²) in [5.74, 6) is 0. The number of nitrogens with zero attached hydrogens (tertiary/aromatic N) is 3. The van der Waals surface area contributed by atoms with Crippen molar-refractivity contribution in [3.63, 3.8) is 0 Å². The highest BCUT2D eigenvalue weighted by atomic mass is 16.6. The fourth-order valence-electron chi connectivity index (χ4n) is 1.41. The van der Waals surface area contributed by atoms with Crippen LogP contribution in [-0.4, -0.2) is 36.8 Å². The van der Waals surface area contributed by atoms with Crippen LogP contribution in [-0.2, 0) is 9.47 Å². The Morgan fingerprint density at radius 3 is 3.00 bits per heavy atom.